The Labute approximate surface area is 109 Å². The highest BCUT2D eigenvalue weighted by atomic mass is 16.4. The molecule has 0 aliphatic carbocycles. The molecule has 1 fully saturated rings. The predicted molar refractivity (Wildman–Crippen MR) is 69.5 cm³/mol. The lowest BCUT2D eigenvalue weighted by Crippen LogP contribution is -2.37. The summed E-state index contributed by atoms with van der Waals surface area (Å²) in [5, 5.41) is 10.2. The maximum atomic E-state index is 11.8. The minimum atomic E-state index is -0.925. The van der Waals surface area contributed by atoms with Crippen LogP contribution in [-0.2, 0) is 16.1 Å². The average Bonchev–Trinajstić information content (AvgIpc) is 2.96. The van der Waals surface area contributed by atoms with Crippen molar-refractivity contribution in [3.8, 4) is 0 Å². The number of H-pyrrole nitrogens is 1. The van der Waals surface area contributed by atoms with E-state index in [-0.39, 0.29) is 5.91 Å². The minimum Gasteiger partial charge on any atom is -0.480 e. The molecule has 3 rings (SSSR count). The van der Waals surface area contributed by atoms with Crippen molar-refractivity contribution in [2.24, 2.45) is 0 Å². The van der Waals surface area contributed by atoms with Gasteiger partial charge in [-0.2, -0.15) is 0 Å². The van der Waals surface area contributed by atoms with E-state index >= 15 is 0 Å². The van der Waals surface area contributed by atoms with E-state index in [0.29, 0.717) is 19.4 Å². The number of benzene rings is 1. The van der Waals surface area contributed by atoms with Crippen LogP contribution in [0.2, 0.25) is 0 Å². The predicted octanol–water partition coefficient (Wildman–Crippen LogP) is 1.74. The van der Waals surface area contributed by atoms with E-state index in [1.807, 2.05) is 30.5 Å². The summed E-state index contributed by atoms with van der Waals surface area (Å²) in [6, 6.07) is 7.10. The van der Waals surface area contributed by atoms with Crippen molar-refractivity contribution in [2.75, 3.05) is 0 Å². The van der Waals surface area contributed by atoms with E-state index in [4.69, 9.17) is 5.11 Å². The first-order valence-corrected chi connectivity index (χ1v) is 6.24. The van der Waals surface area contributed by atoms with Crippen LogP contribution in [0.15, 0.2) is 30.5 Å². The number of hydrogen-bond donors (Lipinski definition) is 2. The number of rotatable bonds is 3. The molecule has 0 radical (unpaired) electrons. The van der Waals surface area contributed by atoms with Gasteiger partial charge in [0.05, 0.1) is 0 Å². The maximum Gasteiger partial charge on any atom is 0.326 e. The molecule has 1 aromatic heterocycles. The van der Waals surface area contributed by atoms with Crippen molar-refractivity contribution in [3.05, 3.63) is 36.0 Å². The molecule has 0 saturated carbocycles. The molecule has 1 aromatic carbocycles. The van der Waals surface area contributed by atoms with E-state index < -0.39 is 12.0 Å². The Bertz CT molecular complexity index is 647. The number of aromatic amines is 1. The normalized spacial score (nSPS) is 19.3. The Hall–Kier alpha value is -2.30. The van der Waals surface area contributed by atoms with Crippen molar-refractivity contribution in [1.82, 2.24) is 9.88 Å². The average molecular weight is 258 g/mol. The van der Waals surface area contributed by atoms with E-state index in [2.05, 4.69) is 4.98 Å². The number of carbonyl (C=O) groups is 2. The Morgan fingerprint density at radius 1 is 1.42 bits per heavy atom. The van der Waals surface area contributed by atoms with Crippen LogP contribution in [0.5, 0.6) is 0 Å². The molecule has 1 aliphatic rings. The van der Waals surface area contributed by atoms with Crippen LogP contribution in [0.4, 0.5) is 0 Å². The number of aromatic nitrogens is 1. The molecule has 1 atom stereocenters. The Kier molecular flexibility index (Phi) is 2.74. The number of hydrogen-bond acceptors (Lipinski definition) is 2. The van der Waals surface area contributed by atoms with Crippen molar-refractivity contribution in [2.45, 2.75) is 25.4 Å². The summed E-state index contributed by atoms with van der Waals surface area (Å²) in [6.45, 7) is 0.347. The van der Waals surface area contributed by atoms with Crippen molar-refractivity contribution < 1.29 is 14.7 Å². The topological polar surface area (TPSA) is 73.4 Å². The van der Waals surface area contributed by atoms with E-state index in [1.54, 1.807) is 0 Å². The van der Waals surface area contributed by atoms with Crippen LogP contribution in [0.25, 0.3) is 10.9 Å². The summed E-state index contributed by atoms with van der Waals surface area (Å²) in [5.41, 5.74) is 1.95. The molecule has 2 heterocycles. The highest BCUT2D eigenvalue weighted by Gasteiger charge is 2.36. The molecule has 0 unspecified atom stereocenters. The fraction of sp³-hybridized carbons (Fsp3) is 0.286. The molecule has 0 spiro atoms. The van der Waals surface area contributed by atoms with E-state index in [1.165, 1.54) is 4.90 Å². The third-order valence-corrected chi connectivity index (χ3v) is 3.63. The van der Waals surface area contributed by atoms with Gasteiger partial charge in [0.2, 0.25) is 5.91 Å². The zero-order chi connectivity index (χ0) is 13.4. The molecule has 5 nitrogen and oxygen atoms in total. The van der Waals surface area contributed by atoms with Gasteiger partial charge in [0, 0.05) is 30.1 Å². The van der Waals surface area contributed by atoms with Gasteiger partial charge in [0.25, 0.3) is 0 Å². The fourth-order valence-electron chi connectivity index (χ4n) is 2.63. The number of carbonyl (C=O) groups excluding carboxylic acids is 1. The first-order chi connectivity index (χ1) is 9.16. The number of nitrogens with one attached hydrogen (secondary N) is 1. The lowest BCUT2D eigenvalue weighted by Gasteiger charge is -2.21. The zero-order valence-electron chi connectivity index (χ0n) is 10.3. The molecule has 2 N–H and O–H groups in total. The first-order valence-electron chi connectivity index (χ1n) is 6.24. The molecule has 98 valence electrons. The highest BCUT2D eigenvalue weighted by molar-refractivity contribution is 5.88. The Morgan fingerprint density at radius 3 is 3.00 bits per heavy atom. The van der Waals surface area contributed by atoms with Gasteiger partial charge in [-0.15, -0.1) is 0 Å². The molecule has 1 aliphatic heterocycles. The van der Waals surface area contributed by atoms with Crippen LogP contribution in [0.1, 0.15) is 18.4 Å². The second kappa shape index (κ2) is 4.42. The number of aliphatic carboxylic acids is 1. The summed E-state index contributed by atoms with van der Waals surface area (Å²) in [7, 11) is 0. The summed E-state index contributed by atoms with van der Waals surface area (Å²) in [6.07, 6.45) is 2.56. The quantitative estimate of drug-likeness (QED) is 0.880. The van der Waals surface area contributed by atoms with Crippen molar-refractivity contribution in [3.63, 3.8) is 0 Å². The largest absolute Gasteiger partial charge is 0.480 e. The molecule has 2 aromatic rings. The molecule has 5 heteroatoms. The molecule has 0 bridgehead atoms. The molecule has 19 heavy (non-hydrogen) atoms. The minimum absolute atomic E-state index is 0.0855. The van der Waals surface area contributed by atoms with Gasteiger partial charge in [-0.05, 0) is 18.1 Å². The summed E-state index contributed by atoms with van der Waals surface area (Å²) >= 11 is 0. The van der Waals surface area contributed by atoms with Gasteiger partial charge in [-0.3, -0.25) is 4.79 Å². The highest BCUT2D eigenvalue weighted by Crippen LogP contribution is 2.25. The lowest BCUT2D eigenvalue weighted by molar-refractivity contribution is -0.146. The van der Waals surface area contributed by atoms with Crippen LogP contribution in [-0.4, -0.2) is 32.9 Å². The van der Waals surface area contributed by atoms with Crippen molar-refractivity contribution >= 4 is 22.8 Å². The molecule has 1 amide bonds. The number of nitrogens with zero attached hydrogens (tertiary/aromatic N) is 1. The lowest BCUT2D eigenvalue weighted by atomic mass is 10.1. The van der Waals surface area contributed by atoms with Gasteiger partial charge in [-0.25, -0.2) is 4.79 Å². The van der Waals surface area contributed by atoms with Crippen LogP contribution < -0.4 is 0 Å². The Balaban J connectivity index is 1.91. The van der Waals surface area contributed by atoms with E-state index in [0.717, 1.165) is 16.5 Å². The number of amides is 1. The van der Waals surface area contributed by atoms with Gasteiger partial charge in [0.1, 0.15) is 6.04 Å². The second-order valence-electron chi connectivity index (χ2n) is 4.77. The SMILES string of the molecule is O=C(O)[C@H]1CCC(=O)N1Cc1c[nH]c2ccccc12. The molecular weight excluding hydrogens is 244 g/mol. The summed E-state index contributed by atoms with van der Waals surface area (Å²) < 4.78 is 0. The first kappa shape index (κ1) is 11.8. The zero-order valence-corrected chi connectivity index (χ0v) is 10.3. The third kappa shape index (κ3) is 1.97. The fourth-order valence-corrected chi connectivity index (χ4v) is 2.63. The van der Waals surface area contributed by atoms with Crippen LogP contribution in [0, 0.1) is 0 Å². The number of fused-ring (bicyclic) bond motifs is 1. The van der Waals surface area contributed by atoms with Gasteiger partial charge >= 0.3 is 5.97 Å². The number of carboxylic acid groups (broad SMARTS) is 1. The monoisotopic (exact) mass is 258 g/mol. The number of carboxylic acids is 1. The van der Waals surface area contributed by atoms with Crippen LogP contribution in [0.3, 0.4) is 0 Å². The van der Waals surface area contributed by atoms with Crippen molar-refractivity contribution in [1.29, 1.82) is 0 Å². The summed E-state index contributed by atoms with van der Waals surface area (Å²) in [4.78, 5) is 27.5. The third-order valence-electron chi connectivity index (χ3n) is 3.63. The van der Waals surface area contributed by atoms with Crippen LogP contribution >= 0.6 is 0 Å². The smallest absolute Gasteiger partial charge is 0.326 e. The molecule has 1 saturated heterocycles. The Morgan fingerprint density at radius 2 is 2.21 bits per heavy atom. The van der Waals surface area contributed by atoms with Gasteiger partial charge in [-0.1, -0.05) is 18.2 Å². The molecular formula is C14H14N2O3. The number of para-hydroxylation sites is 1. The standard InChI is InChI=1S/C14H14N2O3/c17-13-6-5-12(14(18)19)16(13)8-9-7-15-11-4-2-1-3-10(9)11/h1-4,7,12,15H,5-6,8H2,(H,18,19)/t12-/m1/s1. The number of likely N-dealkylation sites (tertiary alicyclic amines) is 1. The van der Waals surface area contributed by atoms with Gasteiger partial charge in [0.15, 0.2) is 0 Å². The van der Waals surface area contributed by atoms with E-state index in [9.17, 15) is 9.59 Å². The maximum absolute atomic E-state index is 11.8. The summed E-state index contributed by atoms with van der Waals surface area (Å²) in [5.74, 6) is -1.01. The van der Waals surface area contributed by atoms with Gasteiger partial charge < -0.3 is 15.0 Å². The second-order valence-corrected chi connectivity index (χ2v) is 4.77.